The Morgan fingerprint density at radius 1 is 1.24 bits per heavy atom. The molecule has 21 heavy (non-hydrogen) atoms. The molecule has 2 aromatic rings. The molecule has 1 heterocycles. The fourth-order valence-electron chi connectivity index (χ4n) is 2.02. The summed E-state index contributed by atoms with van der Waals surface area (Å²) in [5.74, 6) is -0.224. The van der Waals surface area contributed by atoms with Crippen LogP contribution in [0, 0.1) is 5.82 Å². The van der Waals surface area contributed by atoms with Crippen LogP contribution in [0.2, 0.25) is 0 Å². The van der Waals surface area contributed by atoms with Gasteiger partial charge in [0, 0.05) is 29.5 Å². The Labute approximate surface area is 128 Å². The van der Waals surface area contributed by atoms with Crippen molar-refractivity contribution >= 4 is 11.3 Å². The summed E-state index contributed by atoms with van der Waals surface area (Å²) in [6, 6.07) is 10.8. The number of thiophene rings is 1. The van der Waals surface area contributed by atoms with Crippen molar-refractivity contribution in [2.75, 3.05) is 20.3 Å². The third-order valence-corrected chi connectivity index (χ3v) is 4.52. The van der Waals surface area contributed by atoms with Crippen LogP contribution in [0.3, 0.4) is 0 Å². The van der Waals surface area contributed by atoms with Gasteiger partial charge in [0.05, 0.1) is 12.7 Å². The van der Waals surface area contributed by atoms with Crippen molar-refractivity contribution in [3.05, 3.63) is 47.1 Å². The minimum absolute atomic E-state index is 0.149. The lowest BCUT2D eigenvalue weighted by atomic mass is 10.2. The lowest BCUT2D eigenvalue weighted by Gasteiger charge is -2.15. The Morgan fingerprint density at radius 2 is 1.95 bits per heavy atom. The second kappa shape index (κ2) is 7.66. The topological polar surface area (TPSA) is 41.5 Å². The number of ether oxygens (including phenoxy) is 1. The molecule has 0 bridgehead atoms. The van der Waals surface area contributed by atoms with Crippen LogP contribution in [0.5, 0.6) is 0 Å². The Kier molecular flexibility index (Phi) is 5.87. The van der Waals surface area contributed by atoms with Crippen LogP contribution < -0.4 is 5.32 Å². The molecule has 0 aliphatic rings. The fraction of sp³-hybridized carbons (Fsp3) is 0.375. The molecule has 0 spiro atoms. The van der Waals surface area contributed by atoms with Gasteiger partial charge in [-0.15, -0.1) is 11.3 Å². The number of hydrogen-bond acceptors (Lipinski definition) is 4. The van der Waals surface area contributed by atoms with E-state index < -0.39 is 6.10 Å². The summed E-state index contributed by atoms with van der Waals surface area (Å²) < 4.78 is 17.8. The smallest absolute Gasteiger partial charge is 0.123 e. The first-order valence-corrected chi connectivity index (χ1v) is 7.68. The summed E-state index contributed by atoms with van der Waals surface area (Å²) in [4.78, 5) is 2.29. The molecule has 0 radical (unpaired) electrons. The van der Waals surface area contributed by atoms with Gasteiger partial charge >= 0.3 is 0 Å². The predicted octanol–water partition coefficient (Wildman–Crippen LogP) is 3.21. The first kappa shape index (κ1) is 16.1. The predicted molar refractivity (Wildman–Crippen MR) is 84.0 cm³/mol. The van der Waals surface area contributed by atoms with E-state index in [1.165, 1.54) is 17.0 Å². The molecular formula is C16H20FNO2S. The first-order valence-electron chi connectivity index (χ1n) is 6.86. The van der Waals surface area contributed by atoms with Crippen LogP contribution in [0.15, 0.2) is 36.4 Å². The Morgan fingerprint density at radius 3 is 2.62 bits per heavy atom. The van der Waals surface area contributed by atoms with Crippen molar-refractivity contribution in [1.29, 1.82) is 0 Å². The van der Waals surface area contributed by atoms with Crippen molar-refractivity contribution in [3.8, 4) is 10.4 Å². The van der Waals surface area contributed by atoms with E-state index in [-0.39, 0.29) is 11.9 Å². The molecule has 0 saturated carbocycles. The molecule has 2 unspecified atom stereocenters. The van der Waals surface area contributed by atoms with Gasteiger partial charge in [-0.2, -0.15) is 0 Å². The van der Waals surface area contributed by atoms with Gasteiger partial charge in [0.1, 0.15) is 5.82 Å². The monoisotopic (exact) mass is 309 g/mol. The first-order chi connectivity index (χ1) is 10.1. The number of aliphatic hydroxyl groups is 1. The Balaban J connectivity index is 1.97. The van der Waals surface area contributed by atoms with Gasteiger partial charge in [0.25, 0.3) is 0 Å². The van der Waals surface area contributed by atoms with Crippen molar-refractivity contribution < 1.29 is 14.2 Å². The van der Waals surface area contributed by atoms with E-state index in [1.54, 1.807) is 30.6 Å². The average Bonchev–Trinajstić information content (AvgIpc) is 2.96. The summed E-state index contributed by atoms with van der Waals surface area (Å²) >= 11 is 1.67. The SMILES string of the molecule is COCC(O)CNC(C)c1ccc(-c2ccc(F)cc2)s1. The van der Waals surface area contributed by atoms with Crippen molar-refractivity contribution in [2.45, 2.75) is 19.1 Å². The zero-order valence-corrected chi connectivity index (χ0v) is 13.0. The number of rotatable bonds is 7. The molecule has 0 aliphatic heterocycles. The fourth-order valence-corrected chi connectivity index (χ4v) is 3.06. The van der Waals surface area contributed by atoms with Gasteiger partial charge < -0.3 is 15.2 Å². The molecule has 0 amide bonds. The lowest BCUT2D eigenvalue weighted by molar-refractivity contribution is 0.0631. The van der Waals surface area contributed by atoms with E-state index in [9.17, 15) is 9.50 Å². The average molecular weight is 309 g/mol. The van der Waals surface area contributed by atoms with Gasteiger partial charge in [-0.05, 0) is 36.8 Å². The molecule has 2 rings (SSSR count). The second-order valence-electron chi connectivity index (χ2n) is 4.95. The van der Waals surface area contributed by atoms with Gasteiger partial charge in [-0.3, -0.25) is 0 Å². The molecule has 1 aromatic heterocycles. The van der Waals surface area contributed by atoms with Gasteiger partial charge in [0.15, 0.2) is 0 Å². The van der Waals surface area contributed by atoms with E-state index in [1.807, 2.05) is 6.07 Å². The third-order valence-electron chi connectivity index (χ3n) is 3.20. The maximum atomic E-state index is 12.9. The van der Waals surface area contributed by atoms with E-state index in [0.29, 0.717) is 13.2 Å². The minimum atomic E-state index is -0.506. The molecule has 2 N–H and O–H groups in total. The van der Waals surface area contributed by atoms with E-state index in [4.69, 9.17) is 4.74 Å². The van der Waals surface area contributed by atoms with E-state index >= 15 is 0 Å². The maximum Gasteiger partial charge on any atom is 0.123 e. The number of halogens is 1. The van der Waals surface area contributed by atoms with Crippen LogP contribution in [0.1, 0.15) is 17.8 Å². The molecule has 3 nitrogen and oxygen atoms in total. The number of benzene rings is 1. The second-order valence-corrected chi connectivity index (χ2v) is 6.06. The highest BCUT2D eigenvalue weighted by molar-refractivity contribution is 7.15. The molecule has 1 aromatic carbocycles. The van der Waals surface area contributed by atoms with Gasteiger partial charge in [-0.25, -0.2) is 4.39 Å². The minimum Gasteiger partial charge on any atom is -0.389 e. The largest absolute Gasteiger partial charge is 0.389 e. The Bertz CT molecular complexity index is 556. The van der Waals surface area contributed by atoms with Crippen LogP contribution in [-0.2, 0) is 4.74 Å². The molecule has 2 atom stereocenters. The normalized spacial score (nSPS) is 14.1. The number of nitrogens with one attached hydrogen (secondary N) is 1. The highest BCUT2D eigenvalue weighted by atomic mass is 32.1. The molecule has 0 saturated heterocycles. The molecule has 0 fully saturated rings. The number of hydrogen-bond donors (Lipinski definition) is 2. The van der Waals surface area contributed by atoms with Crippen LogP contribution in [-0.4, -0.2) is 31.5 Å². The summed E-state index contributed by atoms with van der Waals surface area (Å²) in [5, 5.41) is 12.9. The van der Waals surface area contributed by atoms with Crippen LogP contribution in [0.4, 0.5) is 4.39 Å². The maximum absolute atomic E-state index is 12.9. The summed E-state index contributed by atoms with van der Waals surface area (Å²) in [5.41, 5.74) is 1.01. The highest BCUT2D eigenvalue weighted by Crippen LogP contribution is 2.31. The molecule has 0 aliphatic carbocycles. The van der Waals surface area contributed by atoms with Crippen molar-refractivity contribution in [3.63, 3.8) is 0 Å². The molecule has 114 valence electrons. The summed E-state index contributed by atoms with van der Waals surface area (Å²) in [6.45, 7) is 2.86. The van der Waals surface area contributed by atoms with Crippen LogP contribution >= 0.6 is 11.3 Å². The summed E-state index contributed by atoms with van der Waals surface area (Å²) in [7, 11) is 1.57. The zero-order valence-electron chi connectivity index (χ0n) is 12.2. The molecular weight excluding hydrogens is 289 g/mol. The standard InChI is InChI=1S/C16H20FNO2S/c1-11(18-9-14(19)10-20-2)15-7-8-16(21-15)12-3-5-13(17)6-4-12/h3-8,11,14,18-19H,9-10H2,1-2H3. The summed E-state index contributed by atoms with van der Waals surface area (Å²) in [6.07, 6.45) is -0.506. The zero-order chi connectivity index (χ0) is 15.2. The third kappa shape index (κ3) is 4.61. The highest BCUT2D eigenvalue weighted by Gasteiger charge is 2.11. The van der Waals surface area contributed by atoms with E-state index in [2.05, 4.69) is 18.3 Å². The van der Waals surface area contributed by atoms with Crippen molar-refractivity contribution in [2.24, 2.45) is 0 Å². The quantitative estimate of drug-likeness (QED) is 0.825. The van der Waals surface area contributed by atoms with Gasteiger partial charge in [-0.1, -0.05) is 12.1 Å². The van der Waals surface area contributed by atoms with Crippen LogP contribution in [0.25, 0.3) is 10.4 Å². The van der Waals surface area contributed by atoms with Crippen molar-refractivity contribution in [1.82, 2.24) is 5.32 Å². The Hall–Kier alpha value is -1.27. The van der Waals surface area contributed by atoms with E-state index in [0.717, 1.165) is 10.4 Å². The number of aliphatic hydroxyl groups excluding tert-OH is 1. The molecule has 5 heteroatoms. The number of methoxy groups -OCH3 is 1. The lowest BCUT2D eigenvalue weighted by Crippen LogP contribution is -2.31. The van der Waals surface area contributed by atoms with Gasteiger partial charge in [0.2, 0.25) is 0 Å².